The van der Waals surface area contributed by atoms with Gasteiger partial charge in [0.1, 0.15) is 5.75 Å². The van der Waals surface area contributed by atoms with Crippen LogP contribution >= 0.6 is 11.8 Å². The van der Waals surface area contributed by atoms with Crippen LogP contribution in [0, 0.1) is 11.3 Å². The van der Waals surface area contributed by atoms with Gasteiger partial charge in [0, 0.05) is 30.6 Å². The van der Waals surface area contributed by atoms with Crippen molar-refractivity contribution in [3.8, 4) is 11.8 Å². The zero-order chi connectivity index (χ0) is 14.2. The predicted molar refractivity (Wildman–Crippen MR) is 84.2 cm³/mol. The number of ether oxygens (including phenoxy) is 1. The Labute approximate surface area is 125 Å². The summed E-state index contributed by atoms with van der Waals surface area (Å²) in [5.41, 5.74) is 0.675. The molecule has 0 N–H and O–H groups in total. The number of hydrogen-bond acceptors (Lipinski definition) is 4. The van der Waals surface area contributed by atoms with E-state index in [1.807, 2.05) is 12.1 Å². The van der Waals surface area contributed by atoms with Crippen LogP contribution in [0.4, 0.5) is 0 Å². The molecule has 1 aromatic rings. The number of nitriles is 1. The second-order valence-corrected chi connectivity index (χ2v) is 6.45. The first-order valence-corrected chi connectivity index (χ1v) is 8.33. The van der Waals surface area contributed by atoms with Crippen molar-refractivity contribution in [2.24, 2.45) is 0 Å². The van der Waals surface area contributed by atoms with E-state index >= 15 is 0 Å². The zero-order valence-corrected chi connectivity index (χ0v) is 12.9. The molecule has 1 saturated heterocycles. The monoisotopic (exact) mass is 290 g/mol. The summed E-state index contributed by atoms with van der Waals surface area (Å²) in [6, 6.07) is 9.43. The van der Waals surface area contributed by atoms with Gasteiger partial charge in [-0.1, -0.05) is 6.92 Å². The van der Waals surface area contributed by atoms with Gasteiger partial charge in [-0.05, 0) is 37.1 Å². The molecule has 1 aromatic carbocycles. The predicted octanol–water partition coefficient (Wildman–Crippen LogP) is 3.15. The first kappa shape index (κ1) is 15.2. The molecule has 108 valence electrons. The van der Waals surface area contributed by atoms with Crippen molar-refractivity contribution in [3.05, 3.63) is 29.8 Å². The maximum absolute atomic E-state index is 8.73. The quantitative estimate of drug-likeness (QED) is 0.754. The molecular formula is C16H22N2OS. The van der Waals surface area contributed by atoms with Crippen molar-refractivity contribution in [1.82, 2.24) is 4.90 Å². The van der Waals surface area contributed by atoms with E-state index in [0.29, 0.717) is 5.56 Å². The van der Waals surface area contributed by atoms with Crippen molar-refractivity contribution < 1.29 is 4.74 Å². The van der Waals surface area contributed by atoms with Gasteiger partial charge in [0.15, 0.2) is 0 Å². The minimum atomic E-state index is 0.675. The third-order valence-corrected chi connectivity index (χ3v) is 4.92. The largest absolute Gasteiger partial charge is 0.494 e. The Kier molecular flexibility index (Phi) is 6.23. The highest BCUT2D eigenvalue weighted by Gasteiger charge is 2.18. The zero-order valence-electron chi connectivity index (χ0n) is 12.0. The maximum atomic E-state index is 8.73. The first-order valence-electron chi connectivity index (χ1n) is 7.28. The molecule has 0 aliphatic carbocycles. The summed E-state index contributed by atoms with van der Waals surface area (Å²) in [5, 5.41) is 9.54. The summed E-state index contributed by atoms with van der Waals surface area (Å²) < 4.78 is 5.71. The van der Waals surface area contributed by atoms with Gasteiger partial charge in [0.25, 0.3) is 0 Å². The van der Waals surface area contributed by atoms with Gasteiger partial charge in [-0.2, -0.15) is 17.0 Å². The summed E-state index contributed by atoms with van der Waals surface area (Å²) in [7, 11) is 0. The van der Waals surface area contributed by atoms with E-state index in [-0.39, 0.29) is 0 Å². The van der Waals surface area contributed by atoms with E-state index in [0.717, 1.165) is 30.6 Å². The van der Waals surface area contributed by atoms with Crippen molar-refractivity contribution in [3.63, 3.8) is 0 Å². The van der Waals surface area contributed by atoms with E-state index in [1.54, 1.807) is 12.1 Å². The highest BCUT2D eigenvalue weighted by atomic mass is 32.2. The van der Waals surface area contributed by atoms with Crippen molar-refractivity contribution in [2.45, 2.75) is 25.0 Å². The second-order valence-electron chi connectivity index (χ2n) is 5.04. The van der Waals surface area contributed by atoms with E-state index in [9.17, 15) is 0 Å². The highest BCUT2D eigenvalue weighted by molar-refractivity contribution is 8.00. The van der Waals surface area contributed by atoms with Gasteiger partial charge in [0.2, 0.25) is 0 Å². The molecule has 4 heteroatoms. The second kappa shape index (κ2) is 8.18. The van der Waals surface area contributed by atoms with Crippen molar-refractivity contribution in [1.29, 1.82) is 5.26 Å². The van der Waals surface area contributed by atoms with Gasteiger partial charge in [-0.15, -0.1) is 0 Å². The SMILES string of the molecule is CCC1CN(CCCOc2ccc(C#N)cc2)CCS1. The number of benzene rings is 1. The first-order chi connectivity index (χ1) is 9.81. The normalized spacial score (nSPS) is 19.5. The smallest absolute Gasteiger partial charge is 0.119 e. The molecule has 0 spiro atoms. The van der Waals surface area contributed by atoms with E-state index < -0.39 is 0 Å². The fraction of sp³-hybridized carbons (Fsp3) is 0.562. The molecule has 3 nitrogen and oxygen atoms in total. The lowest BCUT2D eigenvalue weighted by Crippen LogP contribution is -2.38. The van der Waals surface area contributed by atoms with Crippen LogP contribution in [0.2, 0.25) is 0 Å². The fourth-order valence-corrected chi connectivity index (χ4v) is 3.58. The Morgan fingerprint density at radius 3 is 2.90 bits per heavy atom. The van der Waals surface area contributed by atoms with Crippen LogP contribution < -0.4 is 4.74 Å². The summed E-state index contributed by atoms with van der Waals surface area (Å²) in [6.45, 7) is 6.56. The van der Waals surface area contributed by atoms with Crippen molar-refractivity contribution >= 4 is 11.8 Å². The third kappa shape index (κ3) is 4.73. The molecule has 0 saturated carbocycles. The molecule has 1 atom stereocenters. The van der Waals surface area contributed by atoms with E-state index in [2.05, 4.69) is 29.7 Å². The number of thioether (sulfide) groups is 1. The molecule has 1 fully saturated rings. The maximum Gasteiger partial charge on any atom is 0.119 e. The lowest BCUT2D eigenvalue weighted by molar-refractivity contribution is 0.238. The Hall–Kier alpha value is -1.18. The lowest BCUT2D eigenvalue weighted by Gasteiger charge is -2.31. The molecule has 1 aliphatic rings. The molecule has 0 amide bonds. The molecule has 1 heterocycles. The fourth-order valence-electron chi connectivity index (χ4n) is 2.33. The van der Waals surface area contributed by atoms with Crippen LogP contribution in [0.5, 0.6) is 5.75 Å². The third-order valence-electron chi connectivity index (χ3n) is 3.55. The average molecular weight is 290 g/mol. The summed E-state index contributed by atoms with van der Waals surface area (Å²) in [6.07, 6.45) is 2.32. The minimum Gasteiger partial charge on any atom is -0.494 e. The van der Waals surface area contributed by atoms with E-state index in [4.69, 9.17) is 10.00 Å². The molecule has 2 rings (SSSR count). The number of nitrogens with zero attached hydrogens (tertiary/aromatic N) is 2. The Morgan fingerprint density at radius 1 is 1.40 bits per heavy atom. The molecular weight excluding hydrogens is 268 g/mol. The summed E-state index contributed by atoms with van der Waals surface area (Å²) >= 11 is 2.11. The van der Waals surface area contributed by atoms with Crippen LogP contribution in [0.3, 0.4) is 0 Å². The van der Waals surface area contributed by atoms with E-state index in [1.165, 1.54) is 25.3 Å². The number of rotatable bonds is 6. The molecule has 0 radical (unpaired) electrons. The molecule has 0 aromatic heterocycles. The standard InChI is InChI=1S/C16H22N2OS/c1-2-16-13-18(9-11-20-16)8-3-10-19-15-6-4-14(12-17)5-7-15/h4-7,16H,2-3,8-11,13H2,1H3. The minimum absolute atomic E-state index is 0.675. The Morgan fingerprint density at radius 2 is 2.20 bits per heavy atom. The van der Waals surface area contributed by atoms with Crippen molar-refractivity contribution in [2.75, 3.05) is 32.0 Å². The highest BCUT2D eigenvalue weighted by Crippen LogP contribution is 2.21. The van der Waals surface area contributed by atoms with Crippen LogP contribution in [0.1, 0.15) is 25.3 Å². The average Bonchev–Trinajstić information content (AvgIpc) is 2.52. The topological polar surface area (TPSA) is 36.3 Å². The van der Waals surface area contributed by atoms with Crippen LogP contribution in [-0.4, -0.2) is 42.1 Å². The summed E-state index contributed by atoms with van der Waals surface area (Å²) in [5.74, 6) is 2.11. The van der Waals surface area contributed by atoms with Gasteiger partial charge in [-0.25, -0.2) is 0 Å². The molecule has 1 unspecified atom stereocenters. The van der Waals surface area contributed by atoms with Gasteiger partial charge >= 0.3 is 0 Å². The van der Waals surface area contributed by atoms with Crippen LogP contribution in [0.15, 0.2) is 24.3 Å². The summed E-state index contributed by atoms with van der Waals surface area (Å²) in [4.78, 5) is 2.55. The van der Waals surface area contributed by atoms with Crippen LogP contribution in [-0.2, 0) is 0 Å². The van der Waals surface area contributed by atoms with Gasteiger partial charge < -0.3 is 9.64 Å². The Balaban J connectivity index is 1.64. The molecule has 1 aliphatic heterocycles. The molecule has 0 bridgehead atoms. The van der Waals surface area contributed by atoms with Gasteiger partial charge in [0.05, 0.1) is 18.2 Å². The van der Waals surface area contributed by atoms with Gasteiger partial charge in [-0.3, -0.25) is 0 Å². The lowest BCUT2D eigenvalue weighted by atomic mass is 10.2. The van der Waals surface area contributed by atoms with Crippen LogP contribution in [0.25, 0.3) is 0 Å². The number of hydrogen-bond donors (Lipinski definition) is 0. The molecule has 20 heavy (non-hydrogen) atoms. The Bertz CT molecular complexity index is 441.